The molecule has 0 saturated carbocycles. The second kappa shape index (κ2) is 6.14. The Kier molecular flexibility index (Phi) is 4.81. The second-order valence-corrected chi connectivity index (χ2v) is 3.84. The summed E-state index contributed by atoms with van der Waals surface area (Å²) >= 11 is 5.46. The van der Waals surface area contributed by atoms with Gasteiger partial charge in [0.15, 0.2) is 0 Å². The van der Waals surface area contributed by atoms with E-state index >= 15 is 0 Å². The molecule has 1 unspecified atom stereocenters. The Morgan fingerprint density at radius 2 is 2.38 bits per heavy atom. The third-order valence-electron chi connectivity index (χ3n) is 2.19. The van der Waals surface area contributed by atoms with E-state index in [1.807, 2.05) is 19.1 Å². The van der Waals surface area contributed by atoms with Gasteiger partial charge in [-0.3, -0.25) is 4.79 Å². The summed E-state index contributed by atoms with van der Waals surface area (Å²) in [6, 6.07) is 9.44. The van der Waals surface area contributed by atoms with Crippen molar-refractivity contribution >= 4 is 23.2 Å². The summed E-state index contributed by atoms with van der Waals surface area (Å²) in [5.74, 6) is 0.0155. The van der Waals surface area contributed by atoms with Crippen LogP contribution in [0.4, 0.5) is 5.69 Å². The lowest BCUT2D eigenvalue weighted by atomic mass is 10.0. The maximum atomic E-state index is 11.3. The molecule has 16 heavy (non-hydrogen) atoms. The van der Waals surface area contributed by atoms with Gasteiger partial charge in [-0.05, 0) is 24.6 Å². The molecule has 0 saturated heterocycles. The van der Waals surface area contributed by atoms with Crippen LogP contribution < -0.4 is 5.32 Å². The highest BCUT2D eigenvalue weighted by Crippen LogP contribution is 2.18. The van der Waals surface area contributed by atoms with Crippen molar-refractivity contribution < 1.29 is 4.79 Å². The summed E-state index contributed by atoms with van der Waals surface area (Å²) in [5, 5.41) is 11.5. The van der Waals surface area contributed by atoms with Crippen LogP contribution in [0.3, 0.4) is 0 Å². The first-order valence-electron chi connectivity index (χ1n) is 5.02. The molecule has 4 heteroatoms. The fraction of sp³-hybridized carbons (Fsp3) is 0.333. The molecule has 0 heterocycles. The van der Waals surface area contributed by atoms with E-state index < -0.39 is 0 Å². The highest BCUT2D eigenvalue weighted by Gasteiger charge is 2.06. The Hall–Kier alpha value is -1.53. The molecule has 3 nitrogen and oxygen atoms in total. The van der Waals surface area contributed by atoms with Crippen molar-refractivity contribution in [2.45, 2.75) is 19.3 Å². The predicted octanol–water partition coefficient (Wildman–Crippen LogP) is 2.88. The molecule has 0 radical (unpaired) electrons. The van der Waals surface area contributed by atoms with Gasteiger partial charge in [-0.15, -0.1) is 11.6 Å². The van der Waals surface area contributed by atoms with Crippen molar-refractivity contribution in [1.82, 2.24) is 0 Å². The van der Waals surface area contributed by atoms with Crippen molar-refractivity contribution in [3.63, 3.8) is 0 Å². The number of nitrogens with one attached hydrogen (secondary N) is 1. The topological polar surface area (TPSA) is 52.9 Å². The molecule has 0 fully saturated rings. The van der Waals surface area contributed by atoms with Gasteiger partial charge >= 0.3 is 0 Å². The summed E-state index contributed by atoms with van der Waals surface area (Å²) in [6.07, 6.45) is 0.291. The Balaban J connectivity index is 2.75. The molecule has 1 rings (SSSR count). The van der Waals surface area contributed by atoms with Crippen molar-refractivity contribution in [2.75, 3.05) is 11.2 Å². The zero-order chi connectivity index (χ0) is 12.0. The van der Waals surface area contributed by atoms with Gasteiger partial charge in [-0.25, -0.2) is 0 Å². The zero-order valence-electron chi connectivity index (χ0n) is 9.03. The molecule has 1 amide bonds. The first kappa shape index (κ1) is 12.5. The number of carbonyl (C=O) groups is 1. The van der Waals surface area contributed by atoms with Gasteiger partial charge in [-0.2, -0.15) is 5.26 Å². The van der Waals surface area contributed by atoms with E-state index in [1.165, 1.54) is 0 Å². The summed E-state index contributed by atoms with van der Waals surface area (Å²) < 4.78 is 0. The summed E-state index contributed by atoms with van der Waals surface area (Å²) in [6.45, 7) is 1.82. The van der Waals surface area contributed by atoms with Crippen LogP contribution in [-0.4, -0.2) is 11.8 Å². The fourth-order valence-electron chi connectivity index (χ4n) is 1.27. The number of hydrogen-bond acceptors (Lipinski definition) is 2. The predicted molar refractivity (Wildman–Crippen MR) is 64.4 cm³/mol. The molecular weight excluding hydrogens is 224 g/mol. The molecule has 1 N–H and O–H groups in total. The Morgan fingerprint density at radius 1 is 1.62 bits per heavy atom. The third kappa shape index (κ3) is 3.56. The van der Waals surface area contributed by atoms with Crippen LogP contribution in [0.2, 0.25) is 0 Å². The van der Waals surface area contributed by atoms with Gasteiger partial charge < -0.3 is 5.32 Å². The molecule has 0 aliphatic carbocycles. The maximum absolute atomic E-state index is 11.3. The van der Waals surface area contributed by atoms with Crippen LogP contribution in [0.15, 0.2) is 24.3 Å². The largest absolute Gasteiger partial charge is 0.326 e. The smallest absolute Gasteiger partial charge is 0.225 e. The Bertz CT molecular complexity index is 412. The number of rotatable bonds is 4. The lowest BCUT2D eigenvalue weighted by Crippen LogP contribution is -2.11. The van der Waals surface area contributed by atoms with Crippen LogP contribution in [0.1, 0.15) is 24.8 Å². The molecular formula is C12H13ClN2O. The fourth-order valence-corrected chi connectivity index (χ4v) is 1.44. The number of carbonyl (C=O) groups excluding carboxylic acids is 1. The number of alkyl halides is 1. The average molecular weight is 237 g/mol. The monoisotopic (exact) mass is 236 g/mol. The van der Waals surface area contributed by atoms with E-state index in [-0.39, 0.29) is 11.8 Å². The quantitative estimate of drug-likeness (QED) is 0.818. The molecule has 1 aromatic rings. The average Bonchev–Trinajstić information content (AvgIpc) is 2.28. The van der Waals surface area contributed by atoms with E-state index in [0.717, 1.165) is 5.56 Å². The number of amides is 1. The van der Waals surface area contributed by atoms with Crippen LogP contribution >= 0.6 is 11.6 Å². The minimum Gasteiger partial charge on any atom is -0.326 e. The number of benzene rings is 1. The van der Waals surface area contributed by atoms with Crippen molar-refractivity contribution in [3.05, 3.63) is 29.8 Å². The van der Waals surface area contributed by atoms with E-state index in [0.29, 0.717) is 18.0 Å². The molecule has 1 atom stereocenters. The van der Waals surface area contributed by atoms with Gasteiger partial charge in [0.05, 0.1) is 12.0 Å². The van der Waals surface area contributed by atoms with Gasteiger partial charge in [0.2, 0.25) is 5.91 Å². The van der Waals surface area contributed by atoms with Crippen molar-refractivity contribution in [2.24, 2.45) is 0 Å². The van der Waals surface area contributed by atoms with Crippen LogP contribution in [0, 0.1) is 11.3 Å². The summed E-state index contributed by atoms with van der Waals surface area (Å²) in [5.41, 5.74) is 1.60. The second-order valence-electron chi connectivity index (χ2n) is 3.46. The Labute approximate surface area is 100 Å². The molecule has 0 aliphatic rings. The van der Waals surface area contributed by atoms with Gasteiger partial charge in [0.25, 0.3) is 0 Å². The highest BCUT2D eigenvalue weighted by molar-refractivity contribution is 6.19. The van der Waals surface area contributed by atoms with Crippen LogP contribution in [0.25, 0.3) is 0 Å². The van der Waals surface area contributed by atoms with Crippen LogP contribution in [-0.2, 0) is 4.79 Å². The normalized spacial score (nSPS) is 11.6. The first-order valence-corrected chi connectivity index (χ1v) is 5.56. The highest BCUT2D eigenvalue weighted by atomic mass is 35.5. The van der Waals surface area contributed by atoms with Crippen molar-refractivity contribution in [3.8, 4) is 6.07 Å². The van der Waals surface area contributed by atoms with E-state index in [2.05, 4.69) is 11.4 Å². The Morgan fingerprint density at radius 3 is 3.00 bits per heavy atom. The van der Waals surface area contributed by atoms with Gasteiger partial charge in [0.1, 0.15) is 0 Å². The van der Waals surface area contributed by atoms with E-state index in [1.54, 1.807) is 12.1 Å². The number of nitrogens with zero attached hydrogens (tertiary/aromatic N) is 1. The number of hydrogen-bond donors (Lipinski definition) is 1. The molecule has 0 bridgehead atoms. The molecule has 84 valence electrons. The van der Waals surface area contributed by atoms with Gasteiger partial charge in [0, 0.05) is 18.0 Å². The lowest BCUT2D eigenvalue weighted by molar-refractivity contribution is -0.115. The number of nitriles is 1. The molecule has 0 aliphatic heterocycles. The zero-order valence-corrected chi connectivity index (χ0v) is 9.79. The first-order chi connectivity index (χ1) is 7.67. The van der Waals surface area contributed by atoms with E-state index in [4.69, 9.17) is 16.9 Å². The molecule has 1 aromatic carbocycles. The van der Waals surface area contributed by atoms with Crippen molar-refractivity contribution in [1.29, 1.82) is 5.26 Å². The maximum Gasteiger partial charge on any atom is 0.225 e. The number of anilines is 1. The molecule has 0 spiro atoms. The minimum atomic E-state index is -0.176. The SMILES string of the molecule is CC(C#N)c1cccc(NC(=O)CCCl)c1. The van der Waals surface area contributed by atoms with Gasteiger partial charge in [-0.1, -0.05) is 12.1 Å². The lowest BCUT2D eigenvalue weighted by Gasteiger charge is -2.07. The number of halogens is 1. The minimum absolute atomic E-state index is 0.114. The summed E-state index contributed by atoms with van der Waals surface area (Å²) in [7, 11) is 0. The standard InChI is InChI=1S/C12H13ClN2O/c1-9(8-14)10-3-2-4-11(7-10)15-12(16)5-6-13/h2-4,7,9H,5-6H2,1H3,(H,15,16). The third-order valence-corrected chi connectivity index (χ3v) is 2.37. The van der Waals surface area contributed by atoms with Crippen LogP contribution in [0.5, 0.6) is 0 Å². The van der Waals surface area contributed by atoms with E-state index in [9.17, 15) is 4.79 Å². The summed E-state index contributed by atoms with van der Waals surface area (Å²) in [4.78, 5) is 11.3. The molecule has 0 aromatic heterocycles.